The van der Waals surface area contributed by atoms with E-state index in [-0.39, 0.29) is 18.4 Å². The lowest BCUT2D eigenvalue weighted by atomic mass is 9.85. The third-order valence-corrected chi connectivity index (χ3v) is 2.30. The van der Waals surface area contributed by atoms with Gasteiger partial charge in [-0.2, -0.15) is 8.78 Å². The van der Waals surface area contributed by atoms with Gasteiger partial charge in [-0.15, -0.1) is 0 Å². The van der Waals surface area contributed by atoms with E-state index in [2.05, 4.69) is 4.74 Å². The minimum Gasteiger partial charge on any atom is -0.481 e. The lowest BCUT2D eigenvalue weighted by Gasteiger charge is -2.24. The van der Waals surface area contributed by atoms with Crippen molar-refractivity contribution in [1.82, 2.24) is 0 Å². The molecule has 0 aliphatic rings. The molecule has 0 aromatic rings. The largest absolute Gasteiger partial charge is 0.481 e. The summed E-state index contributed by atoms with van der Waals surface area (Å²) in [7, 11) is 0. The molecule has 0 spiro atoms. The Hall–Kier alpha value is -0.710. The van der Waals surface area contributed by atoms with Gasteiger partial charge >= 0.3 is 12.6 Å². The van der Waals surface area contributed by atoms with Crippen LogP contribution in [0, 0.1) is 17.8 Å². The molecule has 2 unspecified atom stereocenters. The predicted octanol–water partition coefficient (Wildman–Crippen LogP) is 2.22. The number of carboxylic acid groups (broad SMARTS) is 1. The zero-order valence-corrected chi connectivity index (χ0v) is 8.54. The van der Waals surface area contributed by atoms with E-state index in [0.717, 1.165) is 0 Å². The summed E-state index contributed by atoms with van der Waals surface area (Å²) in [6.45, 7) is 2.03. The van der Waals surface area contributed by atoms with Crippen LogP contribution >= 0.6 is 0 Å². The lowest BCUT2D eigenvalue weighted by Crippen LogP contribution is -2.29. The van der Waals surface area contributed by atoms with Crippen molar-refractivity contribution < 1.29 is 23.4 Å². The van der Waals surface area contributed by atoms with Crippen molar-refractivity contribution in [2.45, 2.75) is 27.4 Å². The molecule has 0 aliphatic heterocycles. The number of rotatable bonds is 6. The van der Waals surface area contributed by atoms with Gasteiger partial charge in [-0.3, -0.25) is 4.79 Å². The van der Waals surface area contributed by atoms with E-state index in [0.29, 0.717) is 0 Å². The van der Waals surface area contributed by atoms with E-state index in [9.17, 15) is 13.6 Å². The van der Waals surface area contributed by atoms with Gasteiger partial charge in [0.25, 0.3) is 0 Å². The van der Waals surface area contributed by atoms with Crippen LogP contribution < -0.4 is 0 Å². The van der Waals surface area contributed by atoms with Gasteiger partial charge in [0.1, 0.15) is 0 Å². The summed E-state index contributed by atoms with van der Waals surface area (Å²) >= 11 is 0. The van der Waals surface area contributed by atoms with Crippen LogP contribution in [0.3, 0.4) is 0 Å². The van der Waals surface area contributed by atoms with Crippen LogP contribution in [-0.4, -0.2) is 24.3 Å². The fourth-order valence-electron chi connectivity index (χ4n) is 1.28. The molecular weight excluding hydrogens is 194 g/mol. The maximum Gasteiger partial charge on any atom is 0.345 e. The number of halogens is 2. The third kappa shape index (κ3) is 4.50. The van der Waals surface area contributed by atoms with Crippen molar-refractivity contribution in [3.05, 3.63) is 0 Å². The highest BCUT2D eigenvalue weighted by atomic mass is 19.3. The van der Waals surface area contributed by atoms with Crippen LogP contribution in [0.1, 0.15) is 20.8 Å². The second-order valence-corrected chi connectivity index (χ2v) is 3.63. The first-order valence-corrected chi connectivity index (χ1v) is 4.48. The quantitative estimate of drug-likeness (QED) is 0.731. The number of hydrogen-bond donors (Lipinski definition) is 1. The molecule has 0 fully saturated rings. The Kier molecular flexibility index (Phi) is 5.60. The molecule has 0 aromatic heterocycles. The van der Waals surface area contributed by atoms with Crippen LogP contribution in [0.5, 0.6) is 0 Å². The summed E-state index contributed by atoms with van der Waals surface area (Å²) < 4.78 is 27.6. The molecule has 2 atom stereocenters. The van der Waals surface area contributed by atoms with Crippen molar-refractivity contribution in [3.8, 4) is 0 Å². The summed E-state index contributed by atoms with van der Waals surface area (Å²) in [6, 6.07) is 0. The molecular formula is C9H16F2O3. The smallest absolute Gasteiger partial charge is 0.345 e. The molecule has 0 saturated heterocycles. The number of aliphatic carboxylic acids is 1. The number of ether oxygens (including phenoxy) is 1. The van der Waals surface area contributed by atoms with Gasteiger partial charge in [0, 0.05) is 0 Å². The highest BCUT2D eigenvalue weighted by Crippen LogP contribution is 2.22. The van der Waals surface area contributed by atoms with Gasteiger partial charge in [-0.05, 0) is 11.8 Å². The Morgan fingerprint density at radius 1 is 1.36 bits per heavy atom. The van der Waals surface area contributed by atoms with Gasteiger partial charge in [-0.1, -0.05) is 20.8 Å². The zero-order chi connectivity index (χ0) is 11.3. The number of alkyl halides is 2. The Labute approximate surface area is 82.1 Å². The predicted molar refractivity (Wildman–Crippen MR) is 47.1 cm³/mol. The molecule has 0 radical (unpaired) electrons. The molecule has 0 saturated carbocycles. The highest BCUT2D eigenvalue weighted by molar-refractivity contribution is 5.69. The maximum atomic E-state index is 11.8. The van der Waals surface area contributed by atoms with Crippen LogP contribution in [0.25, 0.3) is 0 Å². The van der Waals surface area contributed by atoms with E-state index >= 15 is 0 Å². The van der Waals surface area contributed by atoms with Gasteiger partial charge in [0.05, 0.1) is 12.5 Å². The third-order valence-electron chi connectivity index (χ3n) is 2.30. The van der Waals surface area contributed by atoms with E-state index in [4.69, 9.17) is 5.11 Å². The first-order chi connectivity index (χ1) is 6.36. The van der Waals surface area contributed by atoms with Gasteiger partial charge < -0.3 is 9.84 Å². The molecule has 0 rings (SSSR count). The summed E-state index contributed by atoms with van der Waals surface area (Å²) in [5, 5.41) is 8.72. The topological polar surface area (TPSA) is 46.5 Å². The van der Waals surface area contributed by atoms with Crippen molar-refractivity contribution in [3.63, 3.8) is 0 Å². The fourth-order valence-corrected chi connectivity index (χ4v) is 1.28. The minimum atomic E-state index is -2.84. The Morgan fingerprint density at radius 3 is 2.14 bits per heavy atom. The molecule has 0 heterocycles. The average Bonchev–Trinajstić information content (AvgIpc) is 2.02. The molecule has 0 aliphatic carbocycles. The molecule has 5 heteroatoms. The monoisotopic (exact) mass is 210 g/mol. The Balaban J connectivity index is 4.22. The summed E-state index contributed by atoms with van der Waals surface area (Å²) in [5.74, 6) is -2.04. The fraction of sp³-hybridized carbons (Fsp3) is 0.889. The maximum absolute atomic E-state index is 11.8. The first-order valence-electron chi connectivity index (χ1n) is 4.48. The van der Waals surface area contributed by atoms with E-state index in [1.54, 1.807) is 13.8 Å². The van der Waals surface area contributed by atoms with Gasteiger partial charge in [0.15, 0.2) is 0 Å². The second kappa shape index (κ2) is 5.90. The molecule has 0 aromatic carbocycles. The van der Waals surface area contributed by atoms with Gasteiger partial charge in [0.2, 0.25) is 0 Å². The van der Waals surface area contributed by atoms with Crippen LogP contribution in [-0.2, 0) is 9.53 Å². The minimum absolute atomic E-state index is 0.000139. The average molecular weight is 210 g/mol. The second-order valence-electron chi connectivity index (χ2n) is 3.63. The van der Waals surface area contributed by atoms with E-state index < -0.39 is 18.5 Å². The summed E-state index contributed by atoms with van der Waals surface area (Å²) in [5.41, 5.74) is 0. The van der Waals surface area contributed by atoms with E-state index in [1.165, 1.54) is 6.92 Å². The molecule has 0 bridgehead atoms. The Bertz CT molecular complexity index is 183. The molecule has 0 amide bonds. The first kappa shape index (κ1) is 13.3. The highest BCUT2D eigenvalue weighted by Gasteiger charge is 2.27. The standard InChI is InChI=1S/C9H16F2O3/c1-5(2)7(4-14-9(10)11)6(3)8(12)13/h5-7,9H,4H2,1-3H3,(H,12,13). The summed E-state index contributed by atoms with van der Waals surface area (Å²) in [6.07, 6.45) is 0. The number of hydrogen-bond acceptors (Lipinski definition) is 2. The van der Waals surface area contributed by atoms with E-state index in [1.807, 2.05) is 0 Å². The van der Waals surface area contributed by atoms with Crippen LogP contribution in [0.2, 0.25) is 0 Å². The Morgan fingerprint density at radius 2 is 1.86 bits per heavy atom. The van der Waals surface area contributed by atoms with Crippen molar-refractivity contribution >= 4 is 5.97 Å². The molecule has 14 heavy (non-hydrogen) atoms. The summed E-state index contributed by atoms with van der Waals surface area (Å²) in [4.78, 5) is 10.6. The zero-order valence-electron chi connectivity index (χ0n) is 8.54. The lowest BCUT2D eigenvalue weighted by molar-refractivity contribution is -0.158. The van der Waals surface area contributed by atoms with Crippen molar-refractivity contribution in [1.29, 1.82) is 0 Å². The van der Waals surface area contributed by atoms with Gasteiger partial charge in [-0.25, -0.2) is 0 Å². The molecule has 84 valence electrons. The van der Waals surface area contributed by atoms with Crippen molar-refractivity contribution in [2.75, 3.05) is 6.61 Å². The normalized spacial score (nSPS) is 15.9. The molecule has 3 nitrogen and oxygen atoms in total. The van der Waals surface area contributed by atoms with Crippen molar-refractivity contribution in [2.24, 2.45) is 17.8 Å². The van der Waals surface area contributed by atoms with Crippen LogP contribution in [0.15, 0.2) is 0 Å². The molecule has 1 N–H and O–H groups in total. The van der Waals surface area contributed by atoms with Crippen LogP contribution in [0.4, 0.5) is 8.78 Å². The SMILES string of the molecule is CC(C)C(COC(F)F)C(C)C(=O)O. The number of carboxylic acids is 1. The number of carbonyl (C=O) groups is 1.